The quantitative estimate of drug-likeness (QED) is 0.846. The number of benzene rings is 1. The highest BCUT2D eigenvalue weighted by Gasteiger charge is 2.30. The van der Waals surface area contributed by atoms with Gasteiger partial charge in [-0.25, -0.2) is 0 Å². The molecular weight excluding hydrogens is 270 g/mol. The summed E-state index contributed by atoms with van der Waals surface area (Å²) in [5.41, 5.74) is 6.59. The van der Waals surface area contributed by atoms with Crippen LogP contribution < -0.4 is 11.1 Å². The van der Waals surface area contributed by atoms with Gasteiger partial charge in [0.15, 0.2) is 0 Å². The monoisotopic (exact) mass is 287 g/mol. The molecule has 104 valence electrons. The zero-order valence-electron chi connectivity index (χ0n) is 11.5. The van der Waals surface area contributed by atoms with Gasteiger partial charge in [0.25, 0.3) is 0 Å². The summed E-state index contributed by atoms with van der Waals surface area (Å²) in [6, 6.07) is 9.77. The summed E-state index contributed by atoms with van der Waals surface area (Å²) in [7, 11) is 0. The molecule has 2 aromatic rings. The van der Waals surface area contributed by atoms with Crippen molar-refractivity contribution in [3.63, 3.8) is 0 Å². The van der Waals surface area contributed by atoms with E-state index in [1.54, 1.807) is 20.0 Å². The fourth-order valence-corrected chi connectivity index (χ4v) is 1.91. The molecule has 0 saturated heterocycles. The third-order valence-electron chi connectivity index (χ3n) is 3.34. The number of rotatable bonds is 4. The Hall–Kier alpha value is -2.01. The fraction of sp³-hybridized carbons (Fsp3) is 0.267. The van der Waals surface area contributed by atoms with Crippen LogP contribution in [0.4, 0.5) is 0 Å². The largest absolute Gasteiger partial charge is 0.392 e. The van der Waals surface area contributed by atoms with Gasteiger partial charge in [0, 0.05) is 18.1 Å². The average molecular weight is 287 g/mol. The number of hydrogen-bond donors (Lipinski definition) is 2. The van der Waals surface area contributed by atoms with E-state index < -0.39 is 5.41 Å². The van der Waals surface area contributed by atoms with E-state index in [1.807, 2.05) is 30.3 Å². The lowest BCUT2D eigenvalue weighted by Gasteiger charge is -2.22. The van der Waals surface area contributed by atoms with Gasteiger partial charge in [-0.1, -0.05) is 36.5 Å². The molecule has 0 atom stereocenters. The molecule has 0 saturated carbocycles. The topological polar surface area (TPSA) is 68.0 Å². The Morgan fingerprint density at radius 1 is 1.35 bits per heavy atom. The molecule has 0 radical (unpaired) electrons. The third-order valence-corrected chi connectivity index (χ3v) is 3.85. The molecule has 1 heterocycles. The molecule has 0 aliphatic carbocycles. The molecule has 2 rings (SSSR count). The van der Waals surface area contributed by atoms with Crippen LogP contribution in [0, 0.1) is 5.41 Å². The first kappa shape index (κ1) is 14.4. The van der Waals surface area contributed by atoms with Crippen molar-refractivity contribution in [3.05, 3.63) is 42.1 Å². The lowest BCUT2D eigenvalue weighted by molar-refractivity contribution is -0.126. The number of thiocarbonyl (C=S) groups is 1. The standard InChI is InChI=1S/C15H17N3OS/c1-15(2,13(16)20)14(19)18-9-11-6-3-5-10-7-4-8-17-12(10)11/h3-8H,9H2,1-2H3,(H2,16,20)(H,18,19). The highest BCUT2D eigenvalue weighted by molar-refractivity contribution is 7.80. The lowest BCUT2D eigenvalue weighted by Crippen LogP contribution is -2.44. The molecular formula is C15H17N3OS. The van der Waals surface area contributed by atoms with E-state index in [1.165, 1.54) is 0 Å². The maximum Gasteiger partial charge on any atom is 0.232 e. The number of nitrogens with zero attached hydrogens (tertiary/aromatic N) is 1. The Morgan fingerprint density at radius 3 is 2.75 bits per heavy atom. The number of hydrogen-bond acceptors (Lipinski definition) is 3. The van der Waals surface area contributed by atoms with E-state index in [9.17, 15) is 4.79 Å². The molecule has 0 unspecified atom stereocenters. The molecule has 0 spiro atoms. The number of carbonyl (C=O) groups is 1. The lowest BCUT2D eigenvalue weighted by atomic mass is 9.92. The van der Waals surface area contributed by atoms with Gasteiger partial charge in [-0.3, -0.25) is 9.78 Å². The smallest absolute Gasteiger partial charge is 0.232 e. The van der Waals surface area contributed by atoms with Crippen molar-refractivity contribution in [2.24, 2.45) is 11.1 Å². The average Bonchev–Trinajstić information content (AvgIpc) is 2.44. The second-order valence-electron chi connectivity index (χ2n) is 5.16. The number of pyridine rings is 1. The summed E-state index contributed by atoms with van der Waals surface area (Å²) in [5.74, 6) is -0.182. The first-order chi connectivity index (χ1) is 9.43. The van der Waals surface area contributed by atoms with Gasteiger partial charge >= 0.3 is 0 Å². The highest BCUT2D eigenvalue weighted by Crippen LogP contribution is 2.18. The molecule has 0 aliphatic heterocycles. The van der Waals surface area contributed by atoms with Crippen LogP contribution in [-0.4, -0.2) is 15.9 Å². The van der Waals surface area contributed by atoms with E-state index in [-0.39, 0.29) is 10.9 Å². The molecule has 1 aromatic heterocycles. The SMILES string of the molecule is CC(C)(C(=O)NCc1cccc2cccnc12)C(N)=S. The minimum absolute atomic E-state index is 0.182. The summed E-state index contributed by atoms with van der Waals surface area (Å²) in [6.07, 6.45) is 1.74. The predicted octanol–water partition coefficient (Wildman–Crippen LogP) is 2.16. The van der Waals surface area contributed by atoms with Crippen LogP contribution in [0.5, 0.6) is 0 Å². The van der Waals surface area contributed by atoms with Crippen molar-refractivity contribution in [3.8, 4) is 0 Å². The van der Waals surface area contributed by atoms with E-state index in [0.717, 1.165) is 16.5 Å². The van der Waals surface area contributed by atoms with Gasteiger partial charge in [-0.05, 0) is 25.5 Å². The number of aromatic nitrogens is 1. The number of carbonyl (C=O) groups excluding carboxylic acids is 1. The summed E-state index contributed by atoms with van der Waals surface area (Å²) >= 11 is 4.92. The van der Waals surface area contributed by atoms with Crippen LogP contribution in [0.3, 0.4) is 0 Å². The van der Waals surface area contributed by atoms with Crippen molar-refractivity contribution in [1.29, 1.82) is 0 Å². The number of para-hydroxylation sites is 1. The third kappa shape index (κ3) is 2.77. The van der Waals surface area contributed by atoms with Gasteiger partial charge < -0.3 is 11.1 Å². The minimum Gasteiger partial charge on any atom is -0.392 e. The van der Waals surface area contributed by atoms with E-state index in [4.69, 9.17) is 18.0 Å². The van der Waals surface area contributed by atoms with Crippen molar-refractivity contribution < 1.29 is 4.79 Å². The second kappa shape index (κ2) is 5.54. The zero-order valence-corrected chi connectivity index (χ0v) is 12.3. The molecule has 5 heteroatoms. The second-order valence-corrected chi connectivity index (χ2v) is 5.60. The molecule has 4 nitrogen and oxygen atoms in total. The van der Waals surface area contributed by atoms with Gasteiger partial charge in [0.05, 0.1) is 15.9 Å². The normalized spacial score (nSPS) is 11.3. The van der Waals surface area contributed by atoms with Crippen molar-refractivity contribution >= 4 is 34.0 Å². The van der Waals surface area contributed by atoms with E-state index in [2.05, 4.69) is 10.3 Å². The fourth-order valence-electron chi connectivity index (χ4n) is 1.82. The van der Waals surface area contributed by atoms with Crippen molar-refractivity contribution in [2.45, 2.75) is 20.4 Å². The van der Waals surface area contributed by atoms with Crippen LogP contribution in [-0.2, 0) is 11.3 Å². The molecule has 20 heavy (non-hydrogen) atoms. The minimum atomic E-state index is -0.854. The number of amides is 1. The molecule has 0 fully saturated rings. The Labute approximate surface area is 123 Å². The molecule has 0 aliphatic rings. The maximum absolute atomic E-state index is 12.1. The summed E-state index contributed by atoms with van der Waals surface area (Å²) in [4.78, 5) is 16.7. The molecule has 3 N–H and O–H groups in total. The Kier molecular flexibility index (Phi) is 3.99. The Morgan fingerprint density at radius 2 is 2.05 bits per heavy atom. The maximum atomic E-state index is 12.1. The van der Waals surface area contributed by atoms with Gasteiger partial charge in [0.2, 0.25) is 5.91 Å². The summed E-state index contributed by atoms with van der Waals surface area (Å²) in [5, 5.41) is 3.92. The van der Waals surface area contributed by atoms with Gasteiger partial charge in [0.1, 0.15) is 0 Å². The molecule has 0 bridgehead atoms. The number of fused-ring (bicyclic) bond motifs is 1. The number of nitrogens with one attached hydrogen (secondary N) is 1. The van der Waals surface area contributed by atoms with Crippen LogP contribution in [0.1, 0.15) is 19.4 Å². The number of nitrogens with two attached hydrogens (primary N) is 1. The predicted molar refractivity (Wildman–Crippen MR) is 84.2 cm³/mol. The van der Waals surface area contributed by atoms with Crippen LogP contribution in [0.25, 0.3) is 10.9 Å². The van der Waals surface area contributed by atoms with Crippen LogP contribution >= 0.6 is 12.2 Å². The summed E-state index contributed by atoms with van der Waals surface area (Å²) < 4.78 is 0. The van der Waals surface area contributed by atoms with E-state index >= 15 is 0 Å². The van der Waals surface area contributed by atoms with Crippen LogP contribution in [0.2, 0.25) is 0 Å². The van der Waals surface area contributed by atoms with Crippen LogP contribution in [0.15, 0.2) is 36.5 Å². The molecule has 1 amide bonds. The first-order valence-corrected chi connectivity index (χ1v) is 6.74. The highest BCUT2D eigenvalue weighted by atomic mass is 32.1. The first-order valence-electron chi connectivity index (χ1n) is 6.34. The Bertz CT molecular complexity index is 662. The van der Waals surface area contributed by atoms with Crippen molar-refractivity contribution in [1.82, 2.24) is 10.3 Å². The van der Waals surface area contributed by atoms with E-state index in [0.29, 0.717) is 6.54 Å². The van der Waals surface area contributed by atoms with Crippen molar-refractivity contribution in [2.75, 3.05) is 0 Å². The van der Waals surface area contributed by atoms with Gasteiger partial charge in [-0.2, -0.15) is 0 Å². The Balaban J connectivity index is 2.18. The molecule has 1 aromatic carbocycles. The zero-order chi connectivity index (χ0) is 14.8. The summed E-state index contributed by atoms with van der Waals surface area (Å²) in [6.45, 7) is 3.83. The van der Waals surface area contributed by atoms with Gasteiger partial charge in [-0.15, -0.1) is 0 Å².